The SMILES string of the molecule is NC1CCCNC1O. The molecule has 1 aliphatic rings. The first-order valence-electron chi connectivity index (χ1n) is 2.98. The number of aliphatic hydroxyl groups excluding tert-OH is 1. The Morgan fingerprint density at radius 1 is 1.62 bits per heavy atom. The zero-order chi connectivity index (χ0) is 5.98. The topological polar surface area (TPSA) is 58.3 Å². The molecular weight excluding hydrogens is 104 g/mol. The molecule has 4 N–H and O–H groups in total. The molecule has 0 bridgehead atoms. The van der Waals surface area contributed by atoms with E-state index < -0.39 is 6.23 Å². The summed E-state index contributed by atoms with van der Waals surface area (Å²) < 4.78 is 0. The number of piperidine rings is 1. The average molecular weight is 116 g/mol. The zero-order valence-corrected chi connectivity index (χ0v) is 4.80. The number of hydrogen-bond acceptors (Lipinski definition) is 3. The van der Waals surface area contributed by atoms with Gasteiger partial charge >= 0.3 is 0 Å². The zero-order valence-electron chi connectivity index (χ0n) is 4.80. The molecule has 0 aromatic rings. The van der Waals surface area contributed by atoms with Crippen LogP contribution >= 0.6 is 0 Å². The predicted molar refractivity (Wildman–Crippen MR) is 31.2 cm³/mol. The lowest BCUT2D eigenvalue weighted by molar-refractivity contribution is 0.0869. The van der Waals surface area contributed by atoms with Gasteiger partial charge in [-0.3, -0.25) is 5.32 Å². The lowest BCUT2D eigenvalue weighted by Gasteiger charge is -2.24. The van der Waals surface area contributed by atoms with Crippen LogP contribution in [0.4, 0.5) is 0 Å². The second kappa shape index (κ2) is 2.44. The summed E-state index contributed by atoms with van der Waals surface area (Å²) in [5.74, 6) is 0. The van der Waals surface area contributed by atoms with Crippen molar-refractivity contribution in [1.82, 2.24) is 5.32 Å². The first-order chi connectivity index (χ1) is 3.80. The minimum Gasteiger partial charge on any atom is -0.377 e. The quantitative estimate of drug-likeness (QED) is 0.381. The van der Waals surface area contributed by atoms with Gasteiger partial charge in [-0.15, -0.1) is 0 Å². The summed E-state index contributed by atoms with van der Waals surface area (Å²) in [7, 11) is 0. The van der Waals surface area contributed by atoms with E-state index in [0.717, 1.165) is 19.4 Å². The van der Waals surface area contributed by atoms with Crippen LogP contribution in [0.3, 0.4) is 0 Å². The predicted octanol–water partition coefficient (Wildman–Crippen LogP) is -0.985. The molecule has 0 aromatic heterocycles. The Labute approximate surface area is 48.9 Å². The smallest absolute Gasteiger partial charge is 0.120 e. The molecule has 1 heterocycles. The van der Waals surface area contributed by atoms with Gasteiger partial charge in [-0.1, -0.05) is 0 Å². The number of aliphatic hydroxyl groups is 1. The number of nitrogens with one attached hydrogen (secondary N) is 1. The van der Waals surface area contributed by atoms with Gasteiger partial charge in [0.05, 0.1) is 0 Å². The van der Waals surface area contributed by atoms with E-state index in [2.05, 4.69) is 5.32 Å². The molecule has 2 atom stereocenters. The second-order valence-electron chi connectivity index (χ2n) is 2.21. The van der Waals surface area contributed by atoms with Crippen molar-refractivity contribution in [3.05, 3.63) is 0 Å². The molecule has 0 radical (unpaired) electrons. The highest BCUT2D eigenvalue weighted by molar-refractivity contribution is 4.74. The summed E-state index contributed by atoms with van der Waals surface area (Å²) >= 11 is 0. The van der Waals surface area contributed by atoms with E-state index in [-0.39, 0.29) is 6.04 Å². The van der Waals surface area contributed by atoms with E-state index in [1.165, 1.54) is 0 Å². The summed E-state index contributed by atoms with van der Waals surface area (Å²) in [5, 5.41) is 11.8. The van der Waals surface area contributed by atoms with Gasteiger partial charge < -0.3 is 10.8 Å². The lowest BCUT2D eigenvalue weighted by atomic mass is 10.1. The Hall–Kier alpha value is -0.120. The van der Waals surface area contributed by atoms with Crippen molar-refractivity contribution in [2.45, 2.75) is 25.1 Å². The van der Waals surface area contributed by atoms with Crippen LogP contribution in [0.15, 0.2) is 0 Å². The van der Waals surface area contributed by atoms with E-state index in [9.17, 15) is 0 Å². The maximum atomic E-state index is 8.94. The van der Waals surface area contributed by atoms with Crippen molar-refractivity contribution in [2.75, 3.05) is 6.54 Å². The van der Waals surface area contributed by atoms with Crippen LogP contribution in [0.2, 0.25) is 0 Å². The normalized spacial score (nSPS) is 39.8. The molecule has 0 saturated carbocycles. The Morgan fingerprint density at radius 2 is 2.38 bits per heavy atom. The molecule has 2 unspecified atom stereocenters. The Morgan fingerprint density at radius 3 is 2.75 bits per heavy atom. The molecule has 0 spiro atoms. The van der Waals surface area contributed by atoms with Crippen molar-refractivity contribution in [3.8, 4) is 0 Å². The summed E-state index contributed by atoms with van der Waals surface area (Å²) in [4.78, 5) is 0. The van der Waals surface area contributed by atoms with Gasteiger partial charge in [-0.05, 0) is 19.4 Å². The maximum Gasteiger partial charge on any atom is 0.120 e. The van der Waals surface area contributed by atoms with Crippen molar-refractivity contribution >= 4 is 0 Å². The first kappa shape index (κ1) is 6.01. The van der Waals surface area contributed by atoms with Crippen LogP contribution in [-0.4, -0.2) is 23.9 Å². The summed E-state index contributed by atoms with van der Waals surface area (Å²) in [6, 6.07) is -0.0521. The largest absolute Gasteiger partial charge is 0.377 e. The molecule has 1 rings (SSSR count). The Balaban J connectivity index is 2.28. The van der Waals surface area contributed by atoms with Crippen LogP contribution < -0.4 is 11.1 Å². The van der Waals surface area contributed by atoms with Gasteiger partial charge in [0.1, 0.15) is 6.23 Å². The first-order valence-corrected chi connectivity index (χ1v) is 2.98. The van der Waals surface area contributed by atoms with Gasteiger partial charge in [0.2, 0.25) is 0 Å². The third-order valence-corrected chi connectivity index (χ3v) is 1.47. The average Bonchev–Trinajstić information content (AvgIpc) is 1.77. The monoisotopic (exact) mass is 116 g/mol. The molecular formula is C5H12N2O. The fraction of sp³-hybridized carbons (Fsp3) is 1.00. The Kier molecular flexibility index (Phi) is 1.83. The van der Waals surface area contributed by atoms with Crippen LogP contribution in [0.25, 0.3) is 0 Å². The van der Waals surface area contributed by atoms with Gasteiger partial charge in [-0.25, -0.2) is 0 Å². The lowest BCUT2D eigenvalue weighted by Crippen LogP contribution is -2.49. The van der Waals surface area contributed by atoms with Crippen LogP contribution in [0, 0.1) is 0 Å². The summed E-state index contributed by atoms with van der Waals surface area (Å²) in [5.41, 5.74) is 5.47. The van der Waals surface area contributed by atoms with Gasteiger partial charge in [0.15, 0.2) is 0 Å². The van der Waals surface area contributed by atoms with E-state index in [1.54, 1.807) is 0 Å². The third kappa shape index (κ3) is 1.18. The highest BCUT2D eigenvalue weighted by Gasteiger charge is 2.16. The maximum absolute atomic E-state index is 8.94. The molecule has 3 nitrogen and oxygen atoms in total. The molecule has 0 aliphatic carbocycles. The molecule has 3 heteroatoms. The molecule has 48 valence electrons. The fourth-order valence-corrected chi connectivity index (χ4v) is 0.897. The second-order valence-corrected chi connectivity index (χ2v) is 2.21. The highest BCUT2D eigenvalue weighted by Crippen LogP contribution is 2.02. The number of nitrogens with two attached hydrogens (primary N) is 1. The molecule has 1 saturated heterocycles. The van der Waals surface area contributed by atoms with Gasteiger partial charge in [-0.2, -0.15) is 0 Å². The standard InChI is InChI=1S/C5H12N2O/c6-4-2-1-3-7-5(4)8/h4-5,7-8H,1-3,6H2. The van der Waals surface area contributed by atoms with Crippen LogP contribution in [-0.2, 0) is 0 Å². The van der Waals surface area contributed by atoms with Crippen molar-refractivity contribution in [2.24, 2.45) is 5.73 Å². The molecule has 0 amide bonds. The molecule has 8 heavy (non-hydrogen) atoms. The van der Waals surface area contributed by atoms with Gasteiger partial charge in [0.25, 0.3) is 0 Å². The highest BCUT2D eigenvalue weighted by atomic mass is 16.3. The minimum atomic E-state index is -0.469. The van der Waals surface area contributed by atoms with Crippen molar-refractivity contribution < 1.29 is 5.11 Å². The van der Waals surface area contributed by atoms with Crippen LogP contribution in [0.1, 0.15) is 12.8 Å². The van der Waals surface area contributed by atoms with Crippen LogP contribution in [0.5, 0.6) is 0 Å². The van der Waals surface area contributed by atoms with E-state index in [0.29, 0.717) is 0 Å². The van der Waals surface area contributed by atoms with Crippen molar-refractivity contribution in [3.63, 3.8) is 0 Å². The number of rotatable bonds is 0. The van der Waals surface area contributed by atoms with E-state index >= 15 is 0 Å². The van der Waals surface area contributed by atoms with E-state index in [4.69, 9.17) is 10.8 Å². The van der Waals surface area contributed by atoms with Crippen molar-refractivity contribution in [1.29, 1.82) is 0 Å². The van der Waals surface area contributed by atoms with Gasteiger partial charge in [0, 0.05) is 6.04 Å². The fourth-order valence-electron chi connectivity index (χ4n) is 0.897. The Bertz CT molecular complexity index is 66.8. The molecule has 1 aliphatic heterocycles. The molecule has 0 aromatic carbocycles. The summed E-state index contributed by atoms with van der Waals surface area (Å²) in [6.07, 6.45) is 1.55. The summed E-state index contributed by atoms with van der Waals surface area (Å²) in [6.45, 7) is 0.898. The van der Waals surface area contributed by atoms with E-state index in [1.807, 2.05) is 0 Å². The number of hydrogen-bond donors (Lipinski definition) is 3. The minimum absolute atomic E-state index is 0.0521. The molecule has 1 fully saturated rings. The third-order valence-electron chi connectivity index (χ3n) is 1.47.